The molecule has 200 valence electrons. The second-order valence-corrected chi connectivity index (χ2v) is 9.59. The van der Waals surface area contributed by atoms with E-state index >= 15 is 0 Å². The fourth-order valence-corrected chi connectivity index (χ4v) is 5.26. The summed E-state index contributed by atoms with van der Waals surface area (Å²) in [5, 5.41) is 0. The molecule has 0 N–H and O–H groups in total. The molecule has 38 heavy (non-hydrogen) atoms. The average Bonchev–Trinajstić information content (AvgIpc) is 3.36. The van der Waals surface area contributed by atoms with Crippen LogP contribution in [0.15, 0.2) is 54.7 Å². The highest BCUT2D eigenvalue weighted by Gasteiger charge is 2.31. The van der Waals surface area contributed by atoms with Crippen molar-refractivity contribution in [2.45, 2.75) is 39.4 Å². The quantitative estimate of drug-likeness (QED) is 0.322. The molecule has 2 aromatic carbocycles. The Balaban J connectivity index is 0.00000164. The van der Waals surface area contributed by atoms with Crippen molar-refractivity contribution in [2.75, 3.05) is 31.1 Å². The molecule has 0 aliphatic carbocycles. The van der Waals surface area contributed by atoms with Gasteiger partial charge in [-0.15, -0.1) is 12.8 Å². The molecular weight excluding hydrogens is 491 g/mol. The Hall–Kier alpha value is -3.93. The number of likely N-dealkylation sites (tertiary alicyclic amines) is 1. The summed E-state index contributed by atoms with van der Waals surface area (Å²) in [7, 11) is 0. The number of terminal acetylenes is 1. The van der Waals surface area contributed by atoms with E-state index in [1.54, 1.807) is 24.4 Å². The van der Waals surface area contributed by atoms with Gasteiger partial charge in [0.15, 0.2) is 0 Å². The summed E-state index contributed by atoms with van der Waals surface area (Å²) in [6, 6.07) is 13.5. The van der Waals surface area contributed by atoms with E-state index in [1.807, 2.05) is 39.5 Å². The summed E-state index contributed by atoms with van der Waals surface area (Å²) < 4.78 is 43.4. The van der Waals surface area contributed by atoms with Crippen LogP contribution in [-0.2, 0) is 13.1 Å². The minimum Gasteiger partial charge on any atom is -0.325 e. The Morgan fingerprint density at radius 3 is 2.47 bits per heavy atom. The van der Waals surface area contributed by atoms with E-state index in [-0.39, 0.29) is 24.3 Å². The smallest absolute Gasteiger partial charge is 0.320 e. The molecule has 0 spiro atoms. The number of nitrogens with zero attached hydrogens (tertiary/aromatic N) is 5. The van der Waals surface area contributed by atoms with Crippen LogP contribution in [0.4, 0.5) is 23.7 Å². The number of halogens is 3. The molecule has 0 radical (unpaired) electrons. The molecule has 5 rings (SSSR count). The largest absolute Gasteiger partial charge is 0.325 e. The first-order chi connectivity index (χ1) is 18.4. The van der Waals surface area contributed by atoms with Gasteiger partial charge in [-0.05, 0) is 49.4 Å². The first-order valence-corrected chi connectivity index (χ1v) is 12.7. The molecule has 2 aliphatic rings. The van der Waals surface area contributed by atoms with Crippen molar-refractivity contribution in [2.24, 2.45) is 5.92 Å². The van der Waals surface area contributed by atoms with E-state index in [0.717, 1.165) is 11.3 Å². The van der Waals surface area contributed by atoms with Gasteiger partial charge in [-0.3, -0.25) is 0 Å². The van der Waals surface area contributed by atoms with Crippen LogP contribution in [-0.4, -0.2) is 58.1 Å². The summed E-state index contributed by atoms with van der Waals surface area (Å²) in [6.45, 7) is 2.22. The van der Waals surface area contributed by atoms with Crippen LogP contribution in [0.5, 0.6) is 0 Å². The number of piperidine rings is 1. The highest BCUT2D eigenvalue weighted by molar-refractivity contribution is 5.74. The Morgan fingerprint density at radius 2 is 1.79 bits per heavy atom. The molecule has 1 aromatic heterocycles. The lowest BCUT2D eigenvalue weighted by Crippen LogP contribution is -2.50. The monoisotopic (exact) mass is 523 g/mol. The van der Waals surface area contributed by atoms with Crippen molar-refractivity contribution in [3.8, 4) is 24.2 Å². The normalized spacial score (nSPS) is 15.6. The second-order valence-electron chi connectivity index (χ2n) is 9.59. The molecule has 0 unspecified atom stereocenters. The maximum Gasteiger partial charge on any atom is 0.320 e. The van der Waals surface area contributed by atoms with Crippen LogP contribution in [0.25, 0.3) is 11.4 Å². The maximum atomic E-state index is 13.8. The van der Waals surface area contributed by atoms with E-state index < -0.39 is 6.55 Å². The average molecular weight is 524 g/mol. The van der Waals surface area contributed by atoms with Crippen LogP contribution in [0.3, 0.4) is 0 Å². The lowest BCUT2D eigenvalue weighted by molar-refractivity contribution is 0.112. The zero-order valence-electron chi connectivity index (χ0n) is 21.4. The third-order valence-electron chi connectivity index (χ3n) is 7.24. The molecule has 9 heteroatoms. The number of para-hydroxylation sites is 1. The van der Waals surface area contributed by atoms with Crippen molar-refractivity contribution in [3.05, 3.63) is 71.8 Å². The number of urea groups is 1. The van der Waals surface area contributed by atoms with E-state index in [2.05, 4.69) is 17.8 Å². The third kappa shape index (κ3) is 5.80. The highest BCUT2D eigenvalue weighted by Crippen LogP contribution is 2.29. The second kappa shape index (κ2) is 12.1. The van der Waals surface area contributed by atoms with Crippen molar-refractivity contribution < 1.29 is 18.0 Å². The molecule has 0 bridgehead atoms. The van der Waals surface area contributed by atoms with E-state index in [9.17, 15) is 18.0 Å². The lowest BCUT2D eigenvalue weighted by atomic mass is 9.96. The molecule has 3 aromatic rings. The SMILES string of the molecule is C#C.Cc1ccccc1N(CC1CCN(C(=O)N2CCn3c(cnc3-c3cccc(F)c3)C2)CC1)C(F)F. The maximum absolute atomic E-state index is 13.8. The minimum absolute atomic E-state index is 0.0298. The number of aryl methyl sites for hydroxylation is 1. The first-order valence-electron chi connectivity index (χ1n) is 12.7. The Labute approximate surface area is 221 Å². The number of aromatic nitrogens is 2. The van der Waals surface area contributed by atoms with Gasteiger partial charge in [-0.2, -0.15) is 8.78 Å². The van der Waals surface area contributed by atoms with Gasteiger partial charge in [0.1, 0.15) is 11.6 Å². The third-order valence-corrected chi connectivity index (χ3v) is 7.24. The van der Waals surface area contributed by atoms with Crippen molar-refractivity contribution in [1.29, 1.82) is 0 Å². The molecule has 0 saturated carbocycles. The number of fused-ring (bicyclic) bond motifs is 1. The summed E-state index contributed by atoms with van der Waals surface area (Å²) in [6.07, 6.45) is 11.1. The Bertz CT molecular complexity index is 1270. The van der Waals surface area contributed by atoms with Gasteiger partial charge in [-0.25, -0.2) is 14.2 Å². The van der Waals surface area contributed by atoms with Crippen LogP contribution >= 0.6 is 0 Å². The number of anilines is 1. The fraction of sp³-hybridized carbons (Fsp3) is 0.379. The number of amides is 2. The number of benzene rings is 2. The molecule has 3 heterocycles. The van der Waals surface area contributed by atoms with Gasteiger partial charge in [-0.1, -0.05) is 30.3 Å². The predicted octanol–water partition coefficient (Wildman–Crippen LogP) is 5.62. The van der Waals surface area contributed by atoms with Crippen LogP contribution < -0.4 is 4.90 Å². The zero-order chi connectivity index (χ0) is 27.2. The number of carbonyl (C=O) groups is 1. The standard InChI is InChI=1S/C27H30F3N5O.C2H2/c1-19-5-2-3-8-24(19)35(26(29)30)17-20-9-11-32(12-10-20)27(36)33-13-14-34-23(18-33)16-31-25(34)21-6-4-7-22(28)15-21;1-2/h2-8,15-16,20,26H,9-14,17-18H2,1H3;1-2H. The summed E-state index contributed by atoms with van der Waals surface area (Å²) >= 11 is 0. The van der Waals surface area contributed by atoms with Crippen LogP contribution in [0.1, 0.15) is 24.1 Å². The van der Waals surface area contributed by atoms with Gasteiger partial charge >= 0.3 is 12.6 Å². The topological polar surface area (TPSA) is 44.6 Å². The zero-order valence-corrected chi connectivity index (χ0v) is 21.4. The summed E-state index contributed by atoms with van der Waals surface area (Å²) in [4.78, 5) is 22.5. The number of carbonyl (C=O) groups excluding carboxylic acids is 1. The minimum atomic E-state index is -2.57. The van der Waals surface area contributed by atoms with E-state index in [0.29, 0.717) is 62.6 Å². The Kier molecular flexibility index (Phi) is 8.62. The van der Waals surface area contributed by atoms with Gasteiger partial charge in [0.2, 0.25) is 0 Å². The van der Waals surface area contributed by atoms with Gasteiger partial charge in [0.25, 0.3) is 0 Å². The molecular formula is C29H32F3N5O. The molecule has 6 nitrogen and oxygen atoms in total. The molecule has 0 atom stereocenters. The molecule has 2 amide bonds. The number of hydrogen-bond donors (Lipinski definition) is 0. The van der Waals surface area contributed by atoms with Crippen molar-refractivity contribution in [3.63, 3.8) is 0 Å². The molecule has 1 saturated heterocycles. The number of hydrogen-bond acceptors (Lipinski definition) is 3. The van der Waals surface area contributed by atoms with Crippen molar-refractivity contribution >= 4 is 11.7 Å². The fourth-order valence-electron chi connectivity index (χ4n) is 5.26. The summed E-state index contributed by atoms with van der Waals surface area (Å²) in [5.41, 5.74) is 3.02. The first kappa shape index (κ1) is 27.1. The number of alkyl halides is 2. The van der Waals surface area contributed by atoms with Gasteiger partial charge in [0.05, 0.1) is 18.4 Å². The highest BCUT2D eigenvalue weighted by atomic mass is 19.3. The van der Waals surface area contributed by atoms with Crippen molar-refractivity contribution in [1.82, 2.24) is 19.4 Å². The summed E-state index contributed by atoms with van der Waals surface area (Å²) in [5.74, 6) is 0.491. The Morgan fingerprint density at radius 1 is 1.05 bits per heavy atom. The lowest BCUT2D eigenvalue weighted by Gasteiger charge is -2.39. The van der Waals surface area contributed by atoms with Gasteiger partial charge < -0.3 is 19.3 Å². The van der Waals surface area contributed by atoms with E-state index in [1.165, 1.54) is 17.0 Å². The number of rotatable bonds is 5. The molecule has 1 fully saturated rings. The number of imidazole rings is 1. The van der Waals surface area contributed by atoms with Crippen LogP contribution in [0, 0.1) is 31.5 Å². The van der Waals surface area contributed by atoms with Gasteiger partial charge in [0, 0.05) is 44.0 Å². The molecule has 2 aliphatic heterocycles. The predicted molar refractivity (Wildman–Crippen MR) is 142 cm³/mol. The van der Waals surface area contributed by atoms with Crippen LogP contribution in [0.2, 0.25) is 0 Å². The van der Waals surface area contributed by atoms with E-state index in [4.69, 9.17) is 0 Å².